The average molecular weight is 230 g/mol. The molecular weight excluding hydrogens is 216 g/mol. The number of nitrogens with zero attached hydrogens (tertiary/aromatic N) is 2. The first-order valence-corrected chi connectivity index (χ1v) is 5.74. The minimum absolute atomic E-state index is 0.175. The van der Waals surface area contributed by atoms with Gasteiger partial charge in [0.2, 0.25) is 5.88 Å². The molecule has 5 nitrogen and oxygen atoms in total. The molecule has 1 rings (SSSR count). The molecule has 1 aromatic heterocycles. The molecule has 0 aromatic carbocycles. The maximum Gasteiger partial charge on any atom is 0.350 e. The zero-order chi connectivity index (χ0) is 11.1. The van der Waals surface area contributed by atoms with Crippen molar-refractivity contribution in [2.45, 2.75) is 0 Å². The fourth-order valence-corrected chi connectivity index (χ4v) is 1.44. The summed E-state index contributed by atoms with van der Waals surface area (Å²) in [5.74, 6) is 1.83. The minimum atomic E-state index is -0.324. The van der Waals surface area contributed by atoms with Gasteiger partial charge in [-0.15, -0.1) is 0 Å². The van der Waals surface area contributed by atoms with Crippen LogP contribution in [0.2, 0.25) is 0 Å². The quantitative estimate of drug-likeness (QED) is 0.690. The van der Waals surface area contributed by atoms with Crippen LogP contribution in [0, 0.1) is 0 Å². The molecule has 0 aliphatic rings. The van der Waals surface area contributed by atoms with E-state index in [1.807, 2.05) is 0 Å². The van der Waals surface area contributed by atoms with E-state index in [0.29, 0.717) is 18.2 Å². The van der Waals surface area contributed by atoms with Gasteiger partial charge < -0.3 is 14.4 Å². The SMILES string of the molecule is Cn1ccc(OCCSCCO)nc1=O. The monoisotopic (exact) mass is 230 g/mol. The van der Waals surface area contributed by atoms with Gasteiger partial charge in [-0.25, -0.2) is 4.79 Å². The summed E-state index contributed by atoms with van der Waals surface area (Å²) in [6, 6.07) is 1.65. The maximum atomic E-state index is 11.1. The van der Waals surface area contributed by atoms with Crippen molar-refractivity contribution in [1.29, 1.82) is 0 Å². The van der Waals surface area contributed by atoms with Gasteiger partial charge in [-0.1, -0.05) is 0 Å². The summed E-state index contributed by atoms with van der Waals surface area (Å²) < 4.78 is 6.64. The Kier molecular flexibility index (Phi) is 5.20. The highest BCUT2D eigenvalue weighted by Gasteiger charge is 1.97. The van der Waals surface area contributed by atoms with Crippen LogP contribution in [0.25, 0.3) is 0 Å². The summed E-state index contributed by atoms with van der Waals surface area (Å²) in [5, 5.41) is 8.53. The fraction of sp³-hybridized carbons (Fsp3) is 0.556. The Hall–Kier alpha value is -1.01. The van der Waals surface area contributed by atoms with Crippen molar-refractivity contribution in [2.24, 2.45) is 7.05 Å². The second kappa shape index (κ2) is 6.47. The highest BCUT2D eigenvalue weighted by Crippen LogP contribution is 2.03. The normalized spacial score (nSPS) is 10.3. The van der Waals surface area contributed by atoms with E-state index in [4.69, 9.17) is 9.84 Å². The molecule has 0 spiro atoms. The Morgan fingerprint density at radius 1 is 1.60 bits per heavy atom. The number of aliphatic hydroxyl groups is 1. The van der Waals surface area contributed by atoms with Crippen LogP contribution in [0.15, 0.2) is 17.1 Å². The van der Waals surface area contributed by atoms with Crippen molar-refractivity contribution in [3.8, 4) is 5.88 Å². The Balaban J connectivity index is 2.32. The molecule has 0 bridgehead atoms. The number of aryl methyl sites for hydroxylation is 1. The number of aliphatic hydroxyl groups excluding tert-OH is 1. The lowest BCUT2D eigenvalue weighted by atomic mass is 10.6. The van der Waals surface area contributed by atoms with Crippen LogP contribution in [0.3, 0.4) is 0 Å². The standard InChI is InChI=1S/C9H14N2O3S/c1-11-3-2-8(10-9(11)13)14-5-7-15-6-4-12/h2-3,12H,4-7H2,1H3. The lowest BCUT2D eigenvalue weighted by Gasteiger charge is -2.04. The van der Waals surface area contributed by atoms with E-state index < -0.39 is 0 Å². The summed E-state index contributed by atoms with van der Waals surface area (Å²) in [7, 11) is 1.64. The van der Waals surface area contributed by atoms with Gasteiger partial charge in [0.05, 0.1) is 13.2 Å². The molecule has 0 fully saturated rings. The van der Waals surface area contributed by atoms with Gasteiger partial charge >= 0.3 is 5.69 Å². The molecule has 6 heteroatoms. The number of thioether (sulfide) groups is 1. The average Bonchev–Trinajstić information content (AvgIpc) is 2.23. The third kappa shape index (κ3) is 4.35. The highest BCUT2D eigenvalue weighted by molar-refractivity contribution is 7.99. The topological polar surface area (TPSA) is 64.3 Å². The second-order valence-electron chi connectivity index (χ2n) is 2.84. The third-order valence-corrected chi connectivity index (χ3v) is 2.59. The zero-order valence-electron chi connectivity index (χ0n) is 8.55. The van der Waals surface area contributed by atoms with Crippen molar-refractivity contribution >= 4 is 11.8 Å². The molecule has 0 radical (unpaired) electrons. The maximum absolute atomic E-state index is 11.1. The number of rotatable bonds is 6. The van der Waals surface area contributed by atoms with Crippen LogP contribution in [-0.4, -0.2) is 39.4 Å². The summed E-state index contributed by atoms with van der Waals surface area (Å²) in [5.41, 5.74) is -0.324. The molecule has 15 heavy (non-hydrogen) atoms. The molecule has 0 aliphatic carbocycles. The highest BCUT2D eigenvalue weighted by atomic mass is 32.2. The van der Waals surface area contributed by atoms with Gasteiger partial charge in [0.25, 0.3) is 0 Å². The van der Waals surface area contributed by atoms with E-state index in [9.17, 15) is 4.79 Å². The van der Waals surface area contributed by atoms with Gasteiger partial charge in [-0.3, -0.25) is 0 Å². The van der Waals surface area contributed by atoms with Crippen LogP contribution < -0.4 is 10.4 Å². The van der Waals surface area contributed by atoms with Crippen LogP contribution >= 0.6 is 11.8 Å². The number of ether oxygens (including phenoxy) is 1. The molecule has 0 unspecified atom stereocenters. The van der Waals surface area contributed by atoms with Crippen molar-refractivity contribution in [3.63, 3.8) is 0 Å². The van der Waals surface area contributed by atoms with E-state index in [0.717, 1.165) is 5.75 Å². The lowest BCUT2D eigenvalue weighted by Crippen LogP contribution is -2.19. The number of hydrogen-bond donors (Lipinski definition) is 1. The fourth-order valence-electron chi connectivity index (χ4n) is 0.902. The largest absolute Gasteiger partial charge is 0.477 e. The van der Waals surface area contributed by atoms with Crippen LogP contribution in [0.4, 0.5) is 0 Å². The van der Waals surface area contributed by atoms with E-state index in [1.165, 1.54) is 4.57 Å². The van der Waals surface area contributed by atoms with Gasteiger partial charge in [-0.05, 0) is 0 Å². The number of hydrogen-bond acceptors (Lipinski definition) is 5. The van der Waals surface area contributed by atoms with E-state index in [-0.39, 0.29) is 12.3 Å². The molecule has 0 saturated carbocycles. The van der Waals surface area contributed by atoms with Gasteiger partial charge in [0.1, 0.15) is 0 Å². The van der Waals surface area contributed by atoms with Crippen molar-refractivity contribution in [3.05, 3.63) is 22.7 Å². The van der Waals surface area contributed by atoms with Gasteiger partial charge in [0, 0.05) is 30.8 Å². The predicted octanol–water partition coefficient (Wildman–Crippen LogP) is -0.115. The van der Waals surface area contributed by atoms with Crippen LogP contribution in [-0.2, 0) is 7.05 Å². The Labute approximate surface area is 92.1 Å². The number of aromatic nitrogens is 2. The Morgan fingerprint density at radius 3 is 3.07 bits per heavy atom. The van der Waals surface area contributed by atoms with Gasteiger partial charge in [0.15, 0.2) is 0 Å². The van der Waals surface area contributed by atoms with Gasteiger partial charge in [-0.2, -0.15) is 16.7 Å². The van der Waals surface area contributed by atoms with E-state index in [2.05, 4.69) is 4.98 Å². The smallest absolute Gasteiger partial charge is 0.350 e. The molecule has 1 heterocycles. The van der Waals surface area contributed by atoms with E-state index in [1.54, 1.807) is 31.1 Å². The molecule has 84 valence electrons. The van der Waals surface area contributed by atoms with Crippen LogP contribution in [0.5, 0.6) is 5.88 Å². The molecule has 1 N–H and O–H groups in total. The first kappa shape index (κ1) is 12.1. The molecular formula is C9H14N2O3S. The zero-order valence-corrected chi connectivity index (χ0v) is 9.37. The first-order valence-electron chi connectivity index (χ1n) is 4.59. The van der Waals surface area contributed by atoms with Crippen molar-refractivity contribution < 1.29 is 9.84 Å². The summed E-state index contributed by atoms with van der Waals surface area (Å²) in [6.45, 7) is 0.666. The minimum Gasteiger partial charge on any atom is -0.477 e. The van der Waals surface area contributed by atoms with E-state index >= 15 is 0 Å². The van der Waals surface area contributed by atoms with Crippen molar-refractivity contribution in [2.75, 3.05) is 24.7 Å². The molecule has 1 aromatic rings. The molecule has 0 aliphatic heterocycles. The second-order valence-corrected chi connectivity index (χ2v) is 4.07. The first-order chi connectivity index (χ1) is 7.24. The molecule has 0 saturated heterocycles. The third-order valence-electron chi connectivity index (χ3n) is 1.66. The Bertz CT molecular complexity index is 353. The lowest BCUT2D eigenvalue weighted by molar-refractivity contribution is 0.320. The summed E-state index contributed by atoms with van der Waals surface area (Å²) in [4.78, 5) is 14.8. The summed E-state index contributed by atoms with van der Waals surface area (Å²) >= 11 is 1.59. The summed E-state index contributed by atoms with van der Waals surface area (Å²) in [6.07, 6.45) is 1.62. The molecule has 0 atom stereocenters. The van der Waals surface area contributed by atoms with Crippen LogP contribution in [0.1, 0.15) is 0 Å². The predicted molar refractivity (Wildman–Crippen MR) is 59.4 cm³/mol. The molecule has 0 amide bonds. The Morgan fingerprint density at radius 2 is 2.40 bits per heavy atom. The van der Waals surface area contributed by atoms with Crippen molar-refractivity contribution in [1.82, 2.24) is 9.55 Å².